The fourth-order valence-corrected chi connectivity index (χ4v) is 4.05. The Morgan fingerprint density at radius 1 is 1.03 bits per heavy atom. The van der Waals surface area contributed by atoms with E-state index in [0.29, 0.717) is 18.9 Å². The minimum atomic E-state index is -0.290. The Morgan fingerprint density at radius 2 is 1.76 bits per heavy atom. The van der Waals surface area contributed by atoms with Gasteiger partial charge in [0.05, 0.1) is 6.54 Å². The summed E-state index contributed by atoms with van der Waals surface area (Å²) in [6.07, 6.45) is 1.79. The Bertz CT molecular complexity index is 792. The molecule has 0 spiro atoms. The van der Waals surface area contributed by atoms with Gasteiger partial charge < -0.3 is 14.4 Å². The van der Waals surface area contributed by atoms with Crippen molar-refractivity contribution in [3.63, 3.8) is 0 Å². The highest BCUT2D eigenvalue weighted by Crippen LogP contribution is 2.22. The van der Waals surface area contributed by atoms with E-state index in [9.17, 15) is 9.18 Å². The van der Waals surface area contributed by atoms with Gasteiger partial charge in [-0.3, -0.25) is 9.69 Å². The summed E-state index contributed by atoms with van der Waals surface area (Å²) in [6.45, 7) is 3.92. The molecule has 0 radical (unpaired) electrons. The molecule has 2 aliphatic heterocycles. The fourth-order valence-electron chi connectivity index (χ4n) is 4.05. The standard InChI is InChI=1S/C23H27FN2O3/c24-19-6-8-21(9-7-19)28-16-22-15-26(23(27)17-29-22)20-10-12-25(13-11-20)14-18-4-2-1-3-5-18/h1-9,20,22H,10-17H2/t22-/m0/s1. The molecule has 0 aromatic heterocycles. The van der Waals surface area contributed by atoms with Gasteiger partial charge in [0.15, 0.2) is 0 Å². The molecule has 29 heavy (non-hydrogen) atoms. The molecule has 0 N–H and O–H groups in total. The van der Waals surface area contributed by atoms with Gasteiger partial charge >= 0.3 is 0 Å². The van der Waals surface area contributed by atoms with Crippen molar-refractivity contribution in [1.29, 1.82) is 0 Å². The van der Waals surface area contributed by atoms with E-state index < -0.39 is 0 Å². The molecule has 5 nitrogen and oxygen atoms in total. The highest BCUT2D eigenvalue weighted by molar-refractivity contribution is 5.78. The zero-order valence-electron chi connectivity index (χ0n) is 16.5. The predicted octanol–water partition coefficient (Wildman–Crippen LogP) is 3.10. The third kappa shape index (κ3) is 5.34. The lowest BCUT2D eigenvalue weighted by Crippen LogP contribution is -2.55. The Labute approximate surface area is 171 Å². The van der Waals surface area contributed by atoms with Crippen molar-refractivity contribution >= 4 is 5.91 Å². The second-order valence-corrected chi connectivity index (χ2v) is 7.74. The molecule has 1 atom stereocenters. The van der Waals surface area contributed by atoms with E-state index in [2.05, 4.69) is 29.2 Å². The van der Waals surface area contributed by atoms with Gasteiger partial charge in [-0.05, 0) is 42.7 Å². The van der Waals surface area contributed by atoms with Gasteiger partial charge in [0, 0.05) is 25.7 Å². The predicted molar refractivity (Wildman–Crippen MR) is 108 cm³/mol. The summed E-state index contributed by atoms with van der Waals surface area (Å²) in [5.41, 5.74) is 1.33. The number of benzene rings is 2. The Morgan fingerprint density at radius 3 is 2.48 bits per heavy atom. The topological polar surface area (TPSA) is 42.0 Å². The van der Waals surface area contributed by atoms with Crippen molar-refractivity contribution in [2.45, 2.75) is 31.5 Å². The van der Waals surface area contributed by atoms with Crippen LogP contribution < -0.4 is 4.74 Å². The highest BCUT2D eigenvalue weighted by Gasteiger charge is 2.33. The van der Waals surface area contributed by atoms with Crippen LogP contribution in [-0.4, -0.2) is 60.7 Å². The average molecular weight is 398 g/mol. The first-order valence-electron chi connectivity index (χ1n) is 10.2. The molecular formula is C23H27FN2O3. The number of piperidine rings is 1. The smallest absolute Gasteiger partial charge is 0.248 e. The summed E-state index contributed by atoms with van der Waals surface area (Å²) in [5, 5.41) is 0. The first-order valence-corrected chi connectivity index (χ1v) is 10.2. The molecule has 0 aliphatic carbocycles. The number of ether oxygens (including phenoxy) is 2. The normalized spacial score (nSPS) is 21.3. The quantitative estimate of drug-likeness (QED) is 0.750. The lowest BCUT2D eigenvalue weighted by molar-refractivity contribution is -0.155. The summed E-state index contributed by atoms with van der Waals surface area (Å²) in [7, 11) is 0. The van der Waals surface area contributed by atoms with E-state index in [1.807, 2.05) is 11.0 Å². The molecule has 2 aliphatic rings. The lowest BCUT2D eigenvalue weighted by Gasteiger charge is -2.42. The first-order chi connectivity index (χ1) is 14.2. The third-order valence-electron chi connectivity index (χ3n) is 5.66. The number of carbonyl (C=O) groups excluding carboxylic acids is 1. The maximum atomic E-state index is 13.0. The van der Waals surface area contributed by atoms with Crippen LogP contribution in [0.3, 0.4) is 0 Å². The van der Waals surface area contributed by atoms with Gasteiger partial charge in [0.25, 0.3) is 0 Å². The SMILES string of the molecule is O=C1CO[C@H](COc2ccc(F)cc2)CN1C1CCN(Cc2ccccc2)CC1. The van der Waals surface area contributed by atoms with Crippen LogP contribution in [0.2, 0.25) is 0 Å². The number of hydrogen-bond donors (Lipinski definition) is 0. The molecule has 2 aromatic rings. The Kier molecular flexibility index (Phi) is 6.42. The zero-order valence-corrected chi connectivity index (χ0v) is 16.5. The van der Waals surface area contributed by atoms with E-state index in [4.69, 9.17) is 9.47 Å². The second kappa shape index (κ2) is 9.37. The van der Waals surface area contributed by atoms with Gasteiger partial charge in [-0.15, -0.1) is 0 Å². The zero-order chi connectivity index (χ0) is 20.1. The fraction of sp³-hybridized carbons (Fsp3) is 0.435. The van der Waals surface area contributed by atoms with Crippen molar-refractivity contribution < 1.29 is 18.7 Å². The van der Waals surface area contributed by atoms with Crippen LogP contribution in [0.1, 0.15) is 18.4 Å². The monoisotopic (exact) mass is 398 g/mol. The second-order valence-electron chi connectivity index (χ2n) is 7.74. The van der Waals surface area contributed by atoms with Crippen LogP contribution in [0, 0.1) is 5.82 Å². The van der Waals surface area contributed by atoms with Crippen molar-refractivity contribution in [3.05, 3.63) is 66.0 Å². The van der Waals surface area contributed by atoms with Crippen LogP contribution in [0.15, 0.2) is 54.6 Å². The van der Waals surface area contributed by atoms with Crippen molar-refractivity contribution in [2.75, 3.05) is 32.8 Å². The minimum absolute atomic E-state index is 0.0598. The largest absolute Gasteiger partial charge is 0.491 e. The van der Waals surface area contributed by atoms with Gasteiger partial charge in [0.2, 0.25) is 5.91 Å². The van der Waals surface area contributed by atoms with Crippen molar-refractivity contribution in [2.24, 2.45) is 0 Å². The summed E-state index contributed by atoms with van der Waals surface area (Å²) in [4.78, 5) is 16.9. The molecular weight excluding hydrogens is 371 g/mol. The van der Waals surface area contributed by atoms with Crippen molar-refractivity contribution in [3.8, 4) is 5.75 Å². The number of rotatable bonds is 6. The number of hydrogen-bond acceptors (Lipinski definition) is 4. The number of halogens is 1. The van der Waals surface area contributed by atoms with Crippen LogP contribution in [0.4, 0.5) is 4.39 Å². The minimum Gasteiger partial charge on any atom is -0.491 e. The third-order valence-corrected chi connectivity index (χ3v) is 5.66. The molecule has 2 fully saturated rings. The van der Waals surface area contributed by atoms with Crippen LogP contribution in [-0.2, 0) is 16.1 Å². The molecule has 154 valence electrons. The molecule has 0 bridgehead atoms. The molecule has 0 unspecified atom stereocenters. The number of amides is 1. The molecule has 2 heterocycles. The van der Waals surface area contributed by atoms with Gasteiger partial charge in [-0.2, -0.15) is 0 Å². The Hall–Kier alpha value is -2.44. The Balaban J connectivity index is 1.26. The van der Waals surface area contributed by atoms with E-state index in [1.165, 1.54) is 17.7 Å². The lowest BCUT2D eigenvalue weighted by atomic mass is 10.0. The molecule has 2 saturated heterocycles. The van der Waals surface area contributed by atoms with Gasteiger partial charge in [-0.1, -0.05) is 30.3 Å². The maximum absolute atomic E-state index is 13.0. The van der Waals surface area contributed by atoms with E-state index in [0.717, 1.165) is 32.5 Å². The first kappa shape index (κ1) is 19.9. The molecule has 2 aromatic carbocycles. The van der Waals surface area contributed by atoms with Gasteiger partial charge in [0.1, 0.15) is 30.9 Å². The molecule has 0 saturated carbocycles. The van der Waals surface area contributed by atoms with Crippen LogP contribution in [0.25, 0.3) is 0 Å². The molecule has 1 amide bonds. The van der Waals surface area contributed by atoms with Crippen LogP contribution >= 0.6 is 0 Å². The summed E-state index contributed by atoms with van der Waals surface area (Å²) >= 11 is 0. The number of morpholine rings is 1. The van der Waals surface area contributed by atoms with Crippen molar-refractivity contribution in [1.82, 2.24) is 9.80 Å². The molecule has 4 rings (SSSR count). The van der Waals surface area contributed by atoms with E-state index >= 15 is 0 Å². The summed E-state index contributed by atoms with van der Waals surface area (Å²) in [5.74, 6) is 0.374. The van der Waals surface area contributed by atoms with E-state index in [-0.39, 0.29) is 30.5 Å². The highest BCUT2D eigenvalue weighted by atomic mass is 19.1. The number of likely N-dealkylation sites (tertiary alicyclic amines) is 1. The van der Waals surface area contributed by atoms with Gasteiger partial charge in [-0.25, -0.2) is 4.39 Å². The summed E-state index contributed by atoms with van der Waals surface area (Å²) in [6, 6.07) is 16.7. The average Bonchev–Trinajstić information content (AvgIpc) is 2.76. The molecule has 6 heteroatoms. The number of carbonyl (C=O) groups is 1. The summed E-state index contributed by atoms with van der Waals surface area (Å²) < 4.78 is 24.4. The maximum Gasteiger partial charge on any atom is 0.248 e. The number of nitrogens with zero attached hydrogens (tertiary/aromatic N) is 2. The van der Waals surface area contributed by atoms with Crippen LogP contribution in [0.5, 0.6) is 5.75 Å². The van der Waals surface area contributed by atoms with E-state index in [1.54, 1.807) is 12.1 Å².